The number of rotatable bonds is 3. The summed E-state index contributed by atoms with van der Waals surface area (Å²) in [5, 5.41) is 7.10. The van der Waals surface area contributed by atoms with Crippen molar-refractivity contribution < 1.29 is 0 Å². The molecule has 0 saturated heterocycles. The number of anilines is 2. The van der Waals surface area contributed by atoms with Crippen molar-refractivity contribution in [2.45, 2.75) is 6.54 Å². The van der Waals surface area contributed by atoms with Gasteiger partial charge in [-0.2, -0.15) is 5.10 Å². The highest BCUT2D eigenvalue weighted by Gasteiger charge is 2.04. The number of nitrogens with two attached hydrogens (primary N) is 1. The molecule has 0 unspecified atom stereocenters. The first kappa shape index (κ1) is 9.45. The number of hydrogen-bond acceptors (Lipinski definition) is 5. The second kappa shape index (κ2) is 3.95. The molecular formula is C9H12N6. The number of hydrogen-bond donors (Lipinski definition) is 2. The fourth-order valence-electron chi connectivity index (χ4n) is 1.19. The molecule has 3 N–H and O–H groups in total. The van der Waals surface area contributed by atoms with Crippen LogP contribution in [0.25, 0.3) is 0 Å². The van der Waals surface area contributed by atoms with Gasteiger partial charge in [-0.25, -0.2) is 9.97 Å². The van der Waals surface area contributed by atoms with E-state index in [0.717, 1.165) is 5.56 Å². The molecule has 0 aliphatic rings. The molecule has 6 heteroatoms. The molecule has 2 aromatic heterocycles. The highest BCUT2D eigenvalue weighted by atomic mass is 15.3. The molecule has 0 aliphatic carbocycles. The molecule has 0 amide bonds. The largest absolute Gasteiger partial charge is 0.384 e. The molecule has 0 atom stereocenters. The Bertz CT molecular complexity index is 435. The van der Waals surface area contributed by atoms with Gasteiger partial charge in [-0.1, -0.05) is 0 Å². The van der Waals surface area contributed by atoms with Crippen LogP contribution in [0.5, 0.6) is 0 Å². The molecule has 6 nitrogen and oxygen atoms in total. The van der Waals surface area contributed by atoms with Gasteiger partial charge in [0.2, 0.25) is 5.95 Å². The second-order valence-electron chi connectivity index (χ2n) is 3.10. The van der Waals surface area contributed by atoms with Crippen molar-refractivity contribution >= 4 is 11.8 Å². The zero-order valence-corrected chi connectivity index (χ0v) is 8.38. The van der Waals surface area contributed by atoms with Crippen molar-refractivity contribution in [3.63, 3.8) is 0 Å². The van der Waals surface area contributed by atoms with Crippen molar-refractivity contribution in [1.29, 1.82) is 0 Å². The maximum Gasteiger partial charge on any atom is 0.222 e. The Morgan fingerprint density at radius 3 is 2.73 bits per heavy atom. The van der Waals surface area contributed by atoms with Crippen molar-refractivity contribution in [3.05, 3.63) is 30.2 Å². The predicted octanol–water partition coefficient (Wildman–Crippen LogP) is 0.404. The summed E-state index contributed by atoms with van der Waals surface area (Å²) in [5.74, 6) is 1.24. The number of nitrogens with one attached hydrogen (secondary N) is 1. The van der Waals surface area contributed by atoms with E-state index in [4.69, 9.17) is 5.73 Å². The van der Waals surface area contributed by atoms with Crippen molar-refractivity contribution in [3.8, 4) is 0 Å². The van der Waals surface area contributed by atoms with E-state index in [9.17, 15) is 0 Å². The molecule has 2 heterocycles. The lowest BCUT2D eigenvalue weighted by molar-refractivity contribution is 0.778. The summed E-state index contributed by atoms with van der Waals surface area (Å²) in [5.41, 5.74) is 6.72. The Hall–Kier alpha value is -2.11. The normalized spacial score (nSPS) is 10.2. The zero-order chi connectivity index (χ0) is 10.7. The van der Waals surface area contributed by atoms with Crippen LogP contribution in [0.1, 0.15) is 5.56 Å². The van der Waals surface area contributed by atoms with Crippen LogP contribution in [-0.4, -0.2) is 19.7 Å². The zero-order valence-electron chi connectivity index (χ0n) is 8.38. The highest BCUT2D eigenvalue weighted by Crippen LogP contribution is 2.10. The van der Waals surface area contributed by atoms with Gasteiger partial charge in [0, 0.05) is 31.5 Å². The summed E-state index contributed by atoms with van der Waals surface area (Å²) in [7, 11) is 1.80. The summed E-state index contributed by atoms with van der Waals surface area (Å²) in [4.78, 5) is 8.08. The Morgan fingerprint density at radius 1 is 1.40 bits per heavy atom. The number of nitrogen functional groups attached to an aromatic ring is 1. The van der Waals surface area contributed by atoms with Gasteiger partial charge >= 0.3 is 0 Å². The summed E-state index contributed by atoms with van der Waals surface area (Å²) < 4.78 is 1.63. The number of nitrogens with zero attached hydrogens (tertiary/aromatic N) is 4. The summed E-state index contributed by atoms with van der Waals surface area (Å²) in [6.45, 7) is 0.573. The third-order valence-electron chi connectivity index (χ3n) is 2.07. The Labute approximate surface area is 87.2 Å². The van der Waals surface area contributed by atoms with Crippen molar-refractivity contribution in [2.24, 2.45) is 7.05 Å². The Morgan fingerprint density at radius 2 is 2.13 bits per heavy atom. The standard InChI is InChI=1S/C9H12N6/c1-15-8(10)7(6-14-15)5-13-9-11-3-2-4-12-9/h2-4,6H,5,10H2,1H3,(H,11,12,13). The monoisotopic (exact) mass is 204 g/mol. The third-order valence-corrected chi connectivity index (χ3v) is 2.07. The molecule has 2 rings (SSSR count). The lowest BCUT2D eigenvalue weighted by Gasteiger charge is -2.03. The van der Waals surface area contributed by atoms with Gasteiger partial charge in [0.25, 0.3) is 0 Å². The SMILES string of the molecule is Cn1ncc(CNc2ncccn2)c1N. The Kier molecular flexibility index (Phi) is 2.49. The smallest absolute Gasteiger partial charge is 0.222 e. The van der Waals surface area contributed by atoms with Crippen LogP contribution < -0.4 is 11.1 Å². The van der Waals surface area contributed by atoms with Gasteiger partial charge < -0.3 is 11.1 Å². The van der Waals surface area contributed by atoms with E-state index in [2.05, 4.69) is 20.4 Å². The minimum atomic E-state index is 0.573. The van der Waals surface area contributed by atoms with Crippen LogP contribution in [0, 0.1) is 0 Å². The number of aromatic nitrogens is 4. The van der Waals surface area contributed by atoms with Crippen LogP contribution in [0.4, 0.5) is 11.8 Å². The van der Waals surface area contributed by atoms with E-state index in [1.165, 1.54) is 0 Å². The molecule has 0 spiro atoms. The first-order valence-electron chi connectivity index (χ1n) is 4.54. The number of aryl methyl sites for hydroxylation is 1. The van der Waals surface area contributed by atoms with E-state index in [1.807, 2.05) is 0 Å². The van der Waals surface area contributed by atoms with Crippen LogP contribution in [0.2, 0.25) is 0 Å². The topological polar surface area (TPSA) is 81.7 Å². The van der Waals surface area contributed by atoms with E-state index in [1.54, 1.807) is 36.4 Å². The van der Waals surface area contributed by atoms with E-state index in [-0.39, 0.29) is 0 Å². The van der Waals surface area contributed by atoms with Crippen LogP contribution in [-0.2, 0) is 13.6 Å². The lowest BCUT2D eigenvalue weighted by atomic mass is 10.3. The molecule has 0 saturated carbocycles. The molecule has 78 valence electrons. The van der Waals surface area contributed by atoms with Gasteiger partial charge in [-0.15, -0.1) is 0 Å². The van der Waals surface area contributed by atoms with Gasteiger partial charge in [-0.3, -0.25) is 4.68 Å². The average molecular weight is 204 g/mol. The average Bonchev–Trinajstić information content (AvgIpc) is 2.59. The first-order chi connectivity index (χ1) is 7.27. The Balaban J connectivity index is 2.02. The molecular weight excluding hydrogens is 192 g/mol. The first-order valence-corrected chi connectivity index (χ1v) is 4.54. The molecule has 0 aliphatic heterocycles. The molecule has 0 radical (unpaired) electrons. The van der Waals surface area contributed by atoms with Crippen molar-refractivity contribution in [1.82, 2.24) is 19.7 Å². The quantitative estimate of drug-likeness (QED) is 0.756. The summed E-state index contributed by atoms with van der Waals surface area (Å²) >= 11 is 0. The highest BCUT2D eigenvalue weighted by molar-refractivity contribution is 5.40. The van der Waals surface area contributed by atoms with E-state index < -0.39 is 0 Å². The van der Waals surface area contributed by atoms with Gasteiger partial charge in [0.15, 0.2) is 0 Å². The van der Waals surface area contributed by atoms with Gasteiger partial charge in [0.05, 0.1) is 6.20 Å². The van der Waals surface area contributed by atoms with E-state index in [0.29, 0.717) is 18.3 Å². The van der Waals surface area contributed by atoms with Crippen LogP contribution >= 0.6 is 0 Å². The fourth-order valence-corrected chi connectivity index (χ4v) is 1.19. The second-order valence-corrected chi connectivity index (χ2v) is 3.10. The molecule has 0 aromatic carbocycles. The maximum atomic E-state index is 5.79. The fraction of sp³-hybridized carbons (Fsp3) is 0.222. The van der Waals surface area contributed by atoms with Crippen LogP contribution in [0.3, 0.4) is 0 Å². The molecule has 0 bridgehead atoms. The van der Waals surface area contributed by atoms with Crippen LogP contribution in [0.15, 0.2) is 24.7 Å². The van der Waals surface area contributed by atoms with E-state index >= 15 is 0 Å². The maximum absolute atomic E-state index is 5.79. The lowest BCUT2D eigenvalue weighted by Crippen LogP contribution is -2.05. The van der Waals surface area contributed by atoms with Crippen molar-refractivity contribution in [2.75, 3.05) is 11.1 Å². The molecule has 0 fully saturated rings. The third kappa shape index (κ3) is 2.04. The molecule has 15 heavy (non-hydrogen) atoms. The summed E-state index contributed by atoms with van der Waals surface area (Å²) in [6, 6.07) is 1.77. The minimum absolute atomic E-state index is 0.573. The predicted molar refractivity (Wildman–Crippen MR) is 57.0 cm³/mol. The summed E-state index contributed by atoms with van der Waals surface area (Å²) in [6.07, 6.45) is 5.09. The van der Waals surface area contributed by atoms with Gasteiger partial charge in [-0.05, 0) is 6.07 Å². The minimum Gasteiger partial charge on any atom is -0.384 e. The van der Waals surface area contributed by atoms with Gasteiger partial charge in [0.1, 0.15) is 5.82 Å². The molecule has 2 aromatic rings.